The zero-order valence-electron chi connectivity index (χ0n) is 14.4. The molecule has 0 saturated carbocycles. The number of aliphatic hydroxyl groups excluding tert-OH is 1. The number of hydrogen-bond acceptors (Lipinski definition) is 6. The van der Waals surface area contributed by atoms with Crippen LogP contribution >= 0.6 is 0 Å². The van der Waals surface area contributed by atoms with Gasteiger partial charge >= 0.3 is 0 Å². The second-order valence-corrected chi connectivity index (χ2v) is 6.78. The van der Waals surface area contributed by atoms with Crippen LogP contribution in [0.2, 0.25) is 0 Å². The second-order valence-electron chi connectivity index (χ2n) is 6.78. The summed E-state index contributed by atoms with van der Waals surface area (Å²) in [4.78, 5) is 26.7. The van der Waals surface area contributed by atoms with Crippen LogP contribution in [-0.4, -0.2) is 72.3 Å². The standard InChI is InChI=1S/C17H27N5O2/c1-20(8-9-21-6-3-5-17(21)24)15-10-16(19-13-18-15)22-7-2-4-14(11-22)12-23/h10,13-14,23H,2-9,11-12H2,1H3. The van der Waals surface area contributed by atoms with Gasteiger partial charge in [0.25, 0.3) is 0 Å². The third-order valence-corrected chi connectivity index (χ3v) is 5.01. The maximum Gasteiger partial charge on any atom is 0.222 e. The average Bonchev–Trinajstić information content (AvgIpc) is 3.04. The average molecular weight is 333 g/mol. The molecule has 1 amide bonds. The Bertz CT molecular complexity index is 568. The number of hydrogen-bond donors (Lipinski definition) is 1. The van der Waals surface area contributed by atoms with Crippen molar-refractivity contribution in [1.82, 2.24) is 14.9 Å². The maximum atomic E-state index is 11.7. The third-order valence-electron chi connectivity index (χ3n) is 5.01. The summed E-state index contributed by atoms with van der Waals surface area (Å²) in [7, 11) is 2.00. The fraction of sp³-hybridized carbons (Fsp3) is 0.706. The Labute approximate surface area is 143 Å². The Morgan fingerprint density at radius 3 is 2.96 bits per heavy atom. The molecule has 1 N–H and O–H groups in total. The van der Waals surface area contributed by atoms with E-state index in [0.717, 1.165) is 63.6 Å². The number of carbonyl (C=O) groups is 1. The predicted molar refractivity (Wildman–Crippen MR) is 93.1 cm³/mol. The van der Waals surface area contributed by atoms with Crippen LogP contribution in [0.25, 0.3) is 0 Å². The van der Waals surface area contributed by atoms with E-state index < -0.39 is 0 Å². The number of likely N-dealkylation sites (tertiary alicyclic amines) is 1. The van der Waals surface area contributed by atoms with E-state index in [9.17, 15) is 9.90 Å². The van der Waals surface area contributed by atoms with E-state index in [1.165, 1.54) is 0 Å². The first-order valence-corrected chi connectivity index (χ1v) is 8.84. The molecular formula is C17H27N5O2. The molecule has 7 heteroatoms. The van der Waals surface area contributed by atoms with Crippen LogP contribution < -0.4 is 9.80 Å². The highest BCUT2D eigenvalue weighted by Gasteiger charge is 2.22. The molecule has 0 aliphatic carbocycles. The minimum absolute atomic E-state index is 0.234. The molecule has 0 bridgehead atoms. The number of aromatic nitrogens is 2. The summed E-state index contributed by atoms with van der Waals surface area (Å²) in [5, 5.41) is 9.39. The lowest BCUT2D eigenvalue weighted by Crippen LogP contribution is -2.37. The number of rotatable bonds is 6. The molecule has 132 valence electrons. The topological polar surface area (TPSA) is 72.8 Å². The van der Waals surface area contributed by atoms with Crippen LogP contribution in [0.3, 0.4) is 0 Å². The summed E-state index contributed by atoms with van der Waals surface area (Å²) in [6, 6.07) is 2.01. The highest BCUT2D eigenvalue weighted by Crippen LogP contribution is 2.23. The first-order chi connectivity index (χ1) is 11.7. The smallest absolute Gasteiger partial charge is 0.222 e. The van der Waals surface area contributed by atoms with E-state index >= 15 is 0 Å². The molecule has 24 heavy (non-hydrogen) atoms. The second kappa shape index (κ2) is 7.79. The van der Waals surface area contributed by atoms with E-state index in [1.807, 2.05) is 18.0 Å². The van der Waals surface area contributed by atoms with E-state index in [0.29, 0.717) is 12.3 Å². The molecule has 1 aromatic rings. The van der Waals surface area contributed by atoms with Gasteiger partial charge in [0.1, 0.15) is 18.0 Å². The SMILES string of the molecule is CN(CCN1CCCC1=O)c1cc(N2CCCC(CO)C2)ncn1. The molecule has 0 radical (unpaired) electrons. The van der Waals surface area contributed by atoms with Crippen molar-refractivity contribution in [3.8, 4) is 0 Å². The van der Waals surface area contributed by atoms with Gasteiger partial charge in [-0.05, 0) is 25.2 Å². The van der Waals surface area contributed by atoms with Gasteiger partial charge in [0.05, 0.1) is 0 Å². The fourth-order valence-electron chi connectivity index (χ4n) is 3.47. The van der Waals surface area contributed by atoms with Gasteiger partial charge in [0.15, 0.2) is 0 Å². The first-order valence-electron chi connectivity index (χ1n) is 8.84. The van der Waals surface area contributed by atoms with Crippen LogP contribution in [0.15, 0.2) is 12.4 Å². The number of likely N-dealkylation sites (N-methyl/N-ethyl adjacent to an activating group) is 1. The summed E-state index contributed by atoms with van der Waals surface area (Å²) in [6.45, 7) is 4.43. The van der Waals surface area contributed by atoms with Crippen molar-refractivity contribution < 1.29 is 9.90 Å². The molecule has 1 aromatic heterocycles. The lowest BCUT2D eigenvalue weighted by molar-refractivity contribution is -0.127. The van der Waals surface area contributed by atoms with Gasteiger partial charge in [-0.15, -0.1) is 0 Å². The molecule has 2 saturated heterocycles. The summed E-state index contributed by atoms with van der Waals surface area (Å²) < 4.78 is 0. The largest absolute Gasteiger partial charge is 0.396 e. The van der Waals surface area contributed by atoms with Crippen molar-refractivity contribution in [1.29, 1.82) is 0 Å². The van der Waals surface area contributed by atoms with E-state index in [2.05, 4.69) is 19.8 Å². The van der Waals surface area contributed by atoms with Crippen molar-refractivity contribution in [2.24, 2.45) is 5.92 Å². The molecule has 2 fully saturated rings. The van der Waals surface area contributed by atoms with Crippen LogP contribution in [0.1, 0.15) is 25.7 Å². The van der Waals surface area contributed by atoms with Crippen LogP contribution in [0.5, 0.6) is 0 Å². The summed E-state index contributed by atoms with van der Waals surface area (Å²) >= 11 is 0. The summed E-state index contributed by atoms with van der Waals surface area (Å²) in [6.07, 6.45) is 5.42. The van der Waals surface area contributed by atoms with Crippen molar-refractivity contribution in [2.45, 2.75) is 25.7 Å². The van der Waals surface area contributed by atoms with Gasteiger partial charge in [-0.1, -0.05) is 0 Å². The van der Waals surface area contributed by atoms with Crippen molar-refractivity contribution in [3.63, 3.8) is 0 Å². The molecule has 2 aliphatic heterocycles. The zero-order chi connectivity index (χ0) is 16.9. The van der Waals surface area contributed by atoms with E-state index in [4.69, 9.17) is 0 Å². The first kappa shape index (κ1) is 17.0. The zero-order valence-corrected chi connectivity index (χ0v) is 14.4. The number of aliphatic hydroxyl groups is 1. The maximum absolute atomic E-state index is 11.7. The quantitative estimate of drug-likeness (QED) is 0.828. The number of amides is 1. The van der Waals surface area contributed by atoms with Gasteiger partial charge in [0.2, 0.25) is 5.91 Å². The Morgan fingerprint density at radius 2 is 2.21 bits per heavy atom. The summed E-state index contributed by atoms with van der Waals surface area (Å²) in [5.74, 6) is 2.38. The van der Waals surface area contributed by atoms with Gasteiger partial charge in [0, 0.05) is 58.9 Å². The van der Waals surface area contributed by atoms with Gasteiger partial charge in [-0.2, -0.15) is 0 Å². The minimum Gasteiger partial charge on any atom is -0.396 e. The van der Waals surface area contributed by atoms with Crippen molar-refractivity contribution in [2.75, 3.05) is 56.2 Å². The normalized spacial score (nSPS) is 21.4. The Kier molecular flexibility index (Phi) is 5.50. The molecule has 3 heterocycles. The monoisotopic (exact) mass is 333 g/mol. The number of piperidine rings is 1. The Morgan fingerprint density at radius 1 is 1.33 bits per heavy atom. The molecule has 0 spiro atoms. The van der Waals surface area contributed by atoms with Gasteiger partial charge in [-0.25, -0.2) is 9.97 Å². The molecular weight excluding hydrogens is 306 g/mol. The number of carbonyl (C=O) groups excluding carboxylic acids is 1. The van der Waals surface area contributed by atoms with E-state index in [1.54, 1.807) is 6.33 Å². The fourth-order valence-corrected chi connectivity index (χ4v) is 3.47. The molecule has 1 atom stereocenters. The minimum atomic E-state index is 0.234. The van der Waals surface area contributed by atoms with Crippen molar-refractivity contribution in [3.05, 3.63) is 12.4 Å². The molecule has 1 unspecified atom stereocenters. The summed E-state index contributed by atoms with van der Waals surface area (Å²) in [5.41, 5.74) is 0. The van der Waals surface area contributed by atoms with Gasteiger partial charge < -0.3 is 19.8 Å². The van der Waals surface area contributed by atoms with Gasteiger partial charge in [-0.3, -0.25) is 4.79 Å². The molecule has 3 rings (SSSR count). The lowest BCUT2D eigenvalue weighted by Gasteiger charge is -2.33. The Balaban J connectivity index is 1.60. The predicted octanol–water partition coefficient (Wildman–Crippen LogP) is 0.744. The highest BCUT2D eigenvalue weighted by atomic mass is 16.3. The van der Waals surface area contributed by atoms with E-state index in [-0.39, 0.29) is 12.5 Å². The third kappa shape index (κ3) is 3.95. The van der Waals surface area contributed by atoms with Crippen LogP contribution in [-0.2, 0) is 4.79 Å². The van der Waals surface area contributed by atoms with Crippen LogP contribution in [0, 0.1) is 5.92 Å². The number of anilines is 2. The molecule has 7 nitrogen and oxygen atoms in total. The van der Waals surface area contributed by atoms with Crippen molar-refractivity contribution >= 4 is 17.5 Å². The number of nitrogens with zero attached hydrogens (tertiary/aromatic N) is 5. The molecule has 2 aliphatic rings. The highest BCUT2D eigenvalue weighted by molar-refractivity contribution is 5.78. The Hall–Kier alpha value is -1.89. The van der Waals surface area contributed by atoms with Crippen LogP contribution in [0.4, 0.5) is 11.6 Å². The lowest BCUT2D eigenvalue weighted by atomic mass is 9.99. The molecule has 0 aromatic carbocycles.